The van der Waals surface area contributed by atoms with E-state index >= 15 is 0 Å². The van der Waals surface area contributed by atoms with Crippen molar-refractivity contribution in [1.82, 2.24) is 5.32 Å². The fourth-order valence-corrected chi connectivity index (χ4v) is 3.32. The first-order valence-electron chi connectivity index (χ1n) is 9.32. The molecule has 0 saturated heterocycles. The predicted molar refractivity (Wildman–Crippen MR) is 121 cm³/mol. The van der Waals surface area contributed by atoms with Crippen LogP contribution in [0.4, 0.5) is 11.4 Å². The molecule has 1 atom stereocenters. The van der Waals surface area contributed by atoms with Gasteiger partial charge in [0.1, 0.15) is 11.8 Å². The van der Waals surface area contributed by atoms with Crippen molar-refractivity contribution < 1.29 is 19.6 Å². The molecule has 0 aliphatic heterocycles. The second-order valence-corrected chi connectivity index (χ2v) is 7.63. The number of nitro groups is 1. The zero-order valence-corrected chi connectivity index (χ0v) is 17.9. The lowest BCUT2D eigenvalue weighted by atomic mass is 10.0. The van der Waals surface area contributed by atoms with Crippen LogP contribution in [0.2, 0.25) is 10.0 Å². The first kappa shape index (κ1) is 23.1. The first-order chi connectivity index (χ1) is 15.2. The molecule has 0 spiro atoms. The molecule has 0 saturated carbocycles. The number of nitro benzene ring substituents is 1. The van der Waals surface area contributed by atoms with Crippen molar-refractivity contribution in [1.29, 1.82) is 0 Å². The average Bonchev–Trinajstić information content (AvgIpc) is 2.76. The van der Waals surface area contributed by atoms with Crippen molar-refractivity contribution >= 4 is 46.4 Å². The van der Waals surface area contributed by atoms with Gasteiger partial charge in [-0.15, -0.1) is 0 Å². The molecule has 0 radical (unpaired) electrons. The van der Waals surface area contributed by atoms with E-state index in [4.69, 9.17) is 23.2 Å². The van der Waals surface area contributed by atoms with Crippen LogP contribution >= 0.6 is 23.2 Å². The maximum Gasteiger partial charge on any atom is 0.271 e. The fourth-order valence-electron chi connectivity index (χ4n) is 2.92. The number of hydrogen-bond donors (Lipinski definition) is 3. The number of aromatic hydroxyl groups is 1. The summed E-state index contributed by atoms with van der Waals surface area (Å²) in [6.45, 7) is 0. The number of carbonyl (C=O) groups excluding carboxylic acids is 2. The number of non-ortho nitro benzene ring substituents is 1. The molecule has 8 nitrogen and oxygen atoms in total. The van der Waals surface area contributed by atoms with Crippen molar-refractivity contribution in [3.8, 4) is 5.75 Å². The summed E-state index contributed by atoms with van der Waals surface area (Å²) >= 11 is 12.0. The molecule has 164 valence electrons. The third kappa shape index (κ3) is 5.75. The van der Waals surface area contributed by atoms with E-state index in [1.807, 2.05) is 6.07 Å². The van der Waals surface area contributed by atoms with Gasteiger partial charge >= 0.3 is 0 Å². The maximum absolute atomic E-state index is 13.0. The Kier molecular flexibility index (Phi) is 7.29. The first-order valence-corrected chi connectivity index (χ1v) is 10.1. The number of nitrogens with one attached hydrogen (secondary N) is 2. The van der Waals surface area contributed by atoms with Crippen molar-refractivity contribution in [3.05, 3.63) is 98.0 Å². The molecule has 3 aromatic rings. The zero-order valence-electron chi connectivity index (χ0n) is 16.4. The van der Waals surface area contributed by atoms with E-state index in [0.29, 0.717) is 0 Å². The standard InChI is InChI=1S/C22H17Cl2N3O5/c23-14-6-9-20(28)16(11-14)21(29)26-19(10-13-4-2-1-3-5-13)22(30)25-18-8-7-15(27(31)32)12-17(18)24/h1-9,11-12,19,28H,10H2,(H,25,30)(H,26,29). The highest BCUT2D eigenvalue weighted by Gasteiger charge is 2.24. The maximum atomic E-state index is 13.0. The van der Waals surface area contributed by atoms with Crippen LogP contribution in [-0.2, 0) is 11.2 Å². The predicted octanol–water partition coefficient (Wildman–Crippen LogP) is 4.59. The minimum absolute atomic E-state index is 0.0233. The lowest BCUT2D eigenvalue weighted by Gasteiger charge is -2.19. The van der Waals surface area contributed by atoms with E-state index in [0.717, 1.165) is 11.6 Å². The summed E-state index contributed by atoms with van der Waals surface area (Å²) < 4.78 is 0. The Balaban J connectivity index is 1.85. The minimum atomic E-state index is -1.05. The largest absolute Gasteiger partial charge is 0.507 e. The number of phenols is 1. The third-order valence-corrected chi connectivity index (χ3v) is 5.08. The molecule has 3 rings (SSSR count). The summed E-state index contributed by atoms with van der Waals surface area (Å²) in [4.78, 5) is 36.0. The summed E-state index contributed by atoms with van der Waals surface area (Å²) in [6, 6.07) is 15.6. The summed E-state index contributed by atoms with van der Waals surface area (Å²) in [5.74, 6) is -1.58. The van der Waals surface area contributed by atoms with Crippen LogP contribution in [-0.4, -0.2) is 27.9 Å². The molecule has 0 aliphatic rings. The Bertz CT molecular complexity index is 1170. The van der Waals surface area contributed by atoms with Gasteiger partial charge in [-0.1, -0.05) is 53.5 Å². The summed E-state index contributed by atoms with van der Waals surface area (Å²) in [5.41, 5.74) is 0.619. The van der Waals surface area contributed by atoms with Gasteiger partial charge in [0, 0.05) is 23.6 Å². The molecule has 32 heavy (non-hydrogen) atoms. The lowest BCUT2D eigenvalue weighted by Crippen LogP contribution is -2.45. The summed E-state index contributed by atoms with van der Waals surface area (Å²) in [5, 5.41) is 26.3. The number of amides is 2. The minimum Gasteiger partial charge on any atom is -0.507 e. The highest BCUT2D eigenvalue weighted by molar-refractivity contribution is 6.34. The van der Waals surface area contributed by atoms with Crippen molar-refractivity contribution in [2.24, 2.45) is 0 Å². The quantitative estimate of drug-likeness (QED) is 0.342. The van der Waals surface area contributed by atoms with Gasteiger partial charge in [-0.2, -0.15) is 0 Å². The molecule has 1 unspecified atom stereocenters. The number of rotatable bonds is 7. The number of hydrogen-bond acceptors (Lipinski definition) is 5. The van der Waals surface area contributed by atoms with Gasteiger partial charge in [0.2, 0.25) is 5.91 Å². The Morgan fingerprint density at radius 2 is 1.75 bits per heavy atom. The fraction of sp³-hybridized carbons (Fsp3) is 0.0909. The van der Waals surface area contributed by atoms with Gasteiger partial charge < -0.3 is 15.7 Å². The molecule has 0 aromatic heterocycles. The molecular formula is C22H17Cl2N3O5. The highest BCUT2D eigenvalue weighted by Crippen LogP contribution is 2.27. The smallest absolute Gasteiger partial charge is 0.271 e. The van der Waals surface area contributed by atoms with E-state index in [1.165, 1.54) is 30.3 Å². The molecule has 0 fully saturated rings. The highest BCUT2D eigenvalue weighted by atomic mass is 35.5. The van der Waals surface area contributed by atoms with Crippen LogP contribution in [0.1, 0.15) is 15.9 Å². The number of carbonyl (C=O) groups is 2. The molecule has 3 aromatic carbocycles. The van der Waals surface area contributed by atoms with Gasteiger partial charge in [-0.05, 0) is 29.8 Å². The van der Waals surface area contributed by atoms with Crippen LogP contribution in [0.5, 0.6) is 5.75 Å². The van der Waals surface area contributed by atoms with Crippen molar-refractivity contribution in [3.63, 3.8) is 0 Å². The number of benzene rings is 3. The van der Waals surface area contributed by atoms with Crippen molar-refractivity contribution in [2.75, 3.05) is 5.32 Å². The van der Waals surface area contributed by atoms with Gasteiger partial charge in [-0.3, -0.25) is 19.7 Å². The molecule has 0 aliphatic carbocycles. The van der Waals surface area contributed by atoms with E-state index < -0.39 is 22.8 Å². The van der Waals surface area contributed by atoms with Crippen molar-refractivity contribution in [2.45, 2.75) is 12.5 Å². The molecule has 2 amide bonds. The van der Waals surface area contributed by atoms with Gasteiger partial charge in [0.25, 0.3) is 11.6 Å². The third-order valence-electron chi connectivity index (χ3n) is 4.53. The number of anilines is 1. The summed E-state index contributed by atoms with van der Waals surface area (Å²) in [6.07, 6.45) is 0.143. The van der Waals surface area contributed by atoms with E-state index in [2.05, 4.69) is 10.6 Å². The zero-order chi connectivity index (χ0) is 23.3. The normalized spacial score (nSPS) is 11.4. The topological polar surface area (TPSA) is 122 Å². The Labute approximate surface area is 192 Å². The number of nitrogens with zero attached hydrogens (tertiary/aromatic N) is 1. The van der Waals surface area contributed by atoms with Crippen LogP contribution in [0, 0.1) is 10.1 Å². The summed E-state index contributed by atoms with van der Waals surface area (Å²) in [7, 11) is 0. The Morgan fingerprint density at radius 3 is 2.41 bits per heavy atom. The Morgan fingerprint density at radius 1 is 1.03 bits per heavy atom. The number of phenolic OH excluding ortho intramolecular Hbond substituents is 1. The second kappa shape index (κ2) is 10.1. The van der Waals surface area contributed by atoms with Gasteiger partial charge in [0.05, 0.1) is 21.2 Å². The molecule has 10 heteroatoms. The Hall–Kier alpha value is -3.62. The molecule has 0 bridgehead atoms. The van der Waals surface area contributed by atoms with Crippen LogP contribution in [0.3, 0.4) is 0 Å². The molecular weight excluding hydrogens is 457 g/mol. The van der Waals surface area contributed by atoms with Crippen LogP contribution in [0.25, 0.3) is 0 Å². The van der Waals surface area contributed by atoms with Crippen LogP contribution < -0.4 is 10.6 Å². The van der Waals surface area contributed by atoms with E-state index in [9.17, 15) is 24.8 Å². The SMILES string of the molecule is O=C(NC(Cc1ccccc1)C(=O)Nc1ccc([N+](=O)[O-])cc1Cl)c1cc(Cl)ccc1O. The molecule has 3 N–H and O–H groups in total. The van der Waals surface area contributed by atoms with E-state index in [1.54, 1.807) is 24.3 Å². The van der Waals surface area contributed by atoms with E-state index in [-0.39, 0.29) is 39.2 Å². The monoisotopic (exact) mass is 473 g/mol. The average molecular weight is 474 g/mol. The van der Waals surface area contributed by atoms with Gasteiger partial charge in [-0.25, -0.2) is 0 Å². The second-order valence-electron chi connectivity index (χ2n) is 6.79. The van der Waals surface area contributed by atoms with Crippen LogP contribution in [0.15, 0.2) is 66.7 Å². The number of halogens is 2. The molecule has 0 heterocycles. The lowest BCUT2D eigenvalue weighted by molar-refractivity contribution is -0.384. The van der Waals surface area contributed by atoms with Gasteiger partial charge in [0.15, 0.2) is 0 Å².